The molecule has 1 N–H and O–H groups in total. The van der Waals surface area contributed by atoms with Crippen LogP contribution in [0, 0.1) is 17.8 Å². The van der Waals surface area contributed by atoms with Crippen molar-refractivity contribution >= 4 is 29.2 Å². The molecule has 9 heteroatoms. The first-order chi connectivity index (χ1) is 21.1. The molecular formula is C35H51N3O6. The fourth-order valence-corrected chi connectivity index (χ4v) is 7.81. The number of fused-ring (bicyclic) bond motifs is 1. The van der Waals surface area contributed by atoms with E-state index in [9.17, 15) is 19.5 Å². The Morgan fingerprint density at radius 3 is 2.36 bits per heavy atom. The molecule has 2 bridgehead atoms. The number of carbonyl (C=O) groups is 3. The van der Waals surface area contributed by atoms with E-state index in [0.29, 0.717) is 24.9 Å². The number of aliphatic hydroxyl groups is 1. The molecule has 3 aliphatic heterocycles. The molecule has 3 aliphatic rings. The summed E-state index contributed by atoms with van der Waals surface area (Å²) in [5.74, 6) is -2.93. The summed E-state index contributed by atoms with van der Waals surface area (Å²) in [7, 11) is 0. The van der Waals surface area contributed by atoms with Gasteiger partial charge in [-0.25, -0.2) is 0 Å². The van der Waals surface area contributed by atoms with Gasteiger partial charge in [-0.2, -0.15) is 0 Å². The number of rotatable bonds is 16. The molecule has 1 aromatic rings. The van der Waals surface area contributed by atoms with Crippen LogP contribution in [0.5, 0.6) is 0 Å². The summed E-state index contributed by atoms with van der Waals surface area (Å²) in [4.78, 5) is 48.4. The van der Waals surface area contributed by atoms with Crippen molar-refractivity contribution in [1.29, 1.82) is 0 Å². The summed E-state index contributed by atoms with van der Waals surface area (Å²) < 4.78 is 12.6. The van der Waals surface area contributed by atoms with Gasteiger partial charge in [0.05, 0.1) is 30.8 Å². The predicted octanol–water partition coefficient (Wildman–Crippen LogP) is 4.73. The summed E-state index contributed by atoms with van der Waals surface area (Å²) in [5.41, 5.74) is -0.452. The van der Waals surface area contributed by atoms with E-state index >= 15 is 0 Å². The molecule has 44 heavy (non-hydrogen) atoms. The number of allylic oxidation sites excluding steroid dienone is 1. The molecule has 3 fully saturated rings. The zero-order chi connectivity index (χ0) is 32.2. The standard InChI is InChI=1S/C35H51N3O6/c1-8-13-14-15-21-43-33(42)29-28-31(40)38(25(10-3)23-39)30(35(28)22-24(6)34(29,7)44-35)32(41)37(20-9-2)27-18-16-26(17-19-27)36(11-4)12-5/h8-9,16-19,24-25,28-30,39H,1-2,10-15,20-23H2,3-7H3/t24?,25-,28-,29+,30?,34-,35?/m0/s1. The van der Waals surface area contributed by atoms with Gasteiger partial charge in [0.15, 0.2) is 0 Å². The highest BCUT2D eigenvalue weighted by atomic mass is 16.6. The molecule has 3 saturated heterocycles. The number of anilines is 2. The van der Waals surface area contributed by atoms with Gasteiger partial charge in [-0.05, 0) is 83.1 Å². The third-order valence-corrected chi connectivity index (χ3v) is 10.2. The number of benzene rings is 1. The van der Waals surface area contributed by atoms with Gasteiger partial charge >= 0.3 is 5.97 Å². The van der Waals surface area contributed by atoms with Gasteiger partial charge in [-0.3, -0.25) is 14.4 Å². The Bertz CT molecular complexity index is 1210. The van der Waals surface area contributed by atoms with Crippen LogP contribution in [0.25, 0.3) is 0 Å². The van der Waals surface area contributed by atoms with Crippen LogP contribution in [-0.2, 0) is 23.9 Å². The maximum absolute atomic E-state index is 14.8. The van der Waals surface area contributed by atoms with Crippen molar-refractivity contribution in [2.45, 2.75) is 90.0 Å². The van der Waals surface area contributed by atoms with Crippen molar-refractivity contribution in [1.82, 2.24) is 4.90 Å². The van der Waals surface area contributed by atoms with Crippen molar-refractivity contribution in [3.05, 3.63) is 49.6 Å². The molecule has 0 aromatic heterocycles. The smallest absolute Gasteiger partial charge is 0.312 e. The third kappa shape index (κ3) is 5.58. The second-order valence-corrected chi connectivity index (χ2v) is 12.6. The summed E-state index contributed by atoms with van der Waals surface area (Å²) in [6, 6.07) is 6.20. The van der Waals surface area contributed by atoms with E-state index in [4.69, 9.17) is 9.47 Å². The van der Waals surface area contributed by atoms with E-state index in [2.05, 4.69) is 31.9 Å². The molecule has 4 rings (SSSR count). The zero-order valence-electron chi connectivity index (χ0n) is 27.2. The second-order valence-electron chi connectivity index (χ2n) is 12.6. The average Bonchev–Trinajstić information content (AvgIpc) is 3.53. The first-order valence-corrected chi connectivity index (χ1v) is 16.3. The van der Waals surface area contributed by atoms with Gasteiger partial charge < -0.3 is 29.3 Å². The molecule has 7 atom stereocenters. The topological polar surface area (TPSA) is 99.6 Å². The molecule has 0 saturated carbocycles. The first kappa shape index (κ1) is 33.7. The maximum atomic E-state index is 14.8. The number of esters is 1. The lowest BCUT2D eigenvalue weighted by molar-refractivity contribution is -0.162. The Labute approximate surface area is 262 Å². The molecule has 0 aliphatic carbocycles. The van der Waals surface area contributed by atoms with Gasteiger partial charge in [0.2, 0.25) is 5.91 Å². The SMILES string of the molecule is C=CCCCCOC(=O)[C@H]1[C@H]2C(=O)N([C@@H](CC)CO)C(C(=O)N(CC=C)c3ccc(N(CC)CC)cc3)C23CC(C)[C@]1(C)O3. The van der Waals surface area contributed by atoms with Crippen LogP contribution in [0.1, 0.15) is 66.7 Å². The second kappa shape index (κ2) is 13.9. The lowest BCUT2D eigenvalue weighted by atomic mass is 9.62. The van der Waals surface area contributed by atoms with E-state index in [-0.39, 0.29) is 37.5 Å². The van der Waals surface area contributed by atoms with E-state index < -0.39 is 41.1 Å². The number of hydrogen-bond donors (Lipinski definition) is 1. The van der Waals surface area contributed by atoms with E-state index in [1.165, 1.54) is 4.90 Å². The molecule has 3 unspecified atom stereocenters. The van der Waals surface area contributed by atoms with Crippen LogP contribution < -0.4 is 9.80 Å². The summed E-state index contributed by atoms with van der Waals surface area (Å²) in [6.45, 7) is 19.5. The monoisotopic (exact) mass is 609 g/mol. The van der Waals surface area contributed by atoms with Gasteiger partial charge in [0, 0.05) is 31.0 Å². The fourth-order valence-electron chi connectivity index (χ4n) is 7.81. The molecule has 9 nitrogen and oxygen atoms in total. The van der Waals surface area contributed by atoms with Gasteiger partial charge in [0.25, 0.3) is 5.91 Å². The summed E-state index contributed by atoms with van der Waals surface area (Å²) in [6.07, 6.45) is 6.77. The van der Waals surface area contributed by atoms with Crippen LogP contribution in [0.2, 0.25) is 0 Å². The molecule has 242 valence electrons. The van der Waals surface area contributed by atoms with Crippen molar-refractivity contribution in [3.8, 4) is 0 Å². The number of nitrogens with zero attached hydrogens (tertiary/aromatic N) is 3. The number of unbranched alkanes of at least 4 members (excludes halogenated alkanes) is 2. The predicted molar refractivity (Wildman–Crippen MR) is 172 cm³/mol. The number of hydrogen-bond acceptors (Lipinski definition) is 7. The van der Waals surface area contributed by atoms with Crippen LogP contribution in [0.15, 0.2) is 49.6 Å². The Balaban J connectivity index is 1.75. The number of amides is 2. The largest absolute Gasteiger partial charge is 0.465 e. The van der Waals surface area contributed by atoms with Crippen LogP contribution in [-0.4, -0.2) is 83.9 Å². The van der Waals surface area contributed by atoms with Crippen LogP contribution >= 0.6 is 0 Å². The van der Waals surface area contributed by atoms with E-state index in [0.717, 1.165) is 31.6 Å². The highest BCUT2D eigenvalue weighted by Gasteiger charge is 2.80. The molecule has 1 spiro atoms. The fraction of sp³-hybridized carbons (Fsp3) is 0.629. The van der Waals surface area contributed by atoms with E-state index in [1.54, 1.807) is 11.0 Å². The normalized spacial score (nSPS) is 29.3. The van der Waals surface area contributed by atoms with Crippen molar-refractivity contribution in [2.75, 3.05) is 42.6 Å². The number of likely N-dealkylation sites (tertiary alicyclic amines) is 1. The number of aliphatic hydroxyl groups excluding tert-OH is 1. The Morgan fingerprint density at radius 2 is 1.80 bits per heavy atom. The third-order valence-electron chi connectivity index (χ3n) is 10.2. The van der Waals surface area contributed by atoms with Crippen molar-refractivity contribution in [3.63, 3.8) is 0 Å². The summed E-state index contributed by atoms with van der Waals surface area (Å²) in [5, 5.41) is 10.4. The molecule has 1 aromatic carbocycles. The minimum Gasteiger partial charge on any atom is -0.465 e. The maximum Gasteiger partial charge on any atom is 0.312 e. The highest BCUT2D eigenvalue weighted by molar-refractivity contribution is 6.05. The lowest BCUT2D eigenvalue weighted by Gasteiger charge is -2.39. The molecular weight excluding hydrogens is 558 g/mol. The quantitative estimate of drug-likeness (QED) is 0.164. The van der Waals surface area contributed by atoms with Gasteiger partial charge in [0.1, 0.15) is 17.6 Å². The Hall–Kier alpha value is -3.17. The van der Waals surface area contributed by atoms with Crippen molar-refractivity contribution in [2.24, 2.45) is 17.8 Å². The first-order valence-electron chi connectivity index (χ1n) is 16.3. The average molecular weight is 610 g/mol. The zero-order valence-corrected chi connectivity index (χ0v) is 27.2. The van der Waals surface area contributed by atoms with E-state index in [1.807, 2.05) is 51.1 Å². The number of ether oxygens (including phenoxy) is 2. The summed E-state index contributed by atoms with van der Waals surface area (Å²) >= 11 is 0. The van der Waals surface area contributed by atoms with Gasteiger partial charge in [-0.15, -0.1) is 13.2 Å². The molecule has 0 radical (unpaired) electrons. The van der Waals surface area contributed by atoms with Crippen molar-refractivity contribution < 1.29 is 29.0 Å². The molecule has 3 heterocycles. The number of carbonyl (C=O) groups excluding carboxylic acids is 3. The van der Waals surface area contributed by atoms with Crippen LogP contribution in [0.3, 0.4) is 0 Å². The Morgan fingerprint density at radius 1 is 1.14 bits per heavy atom. The Kier molecular flexibility index (Phi) is 10.6. The highest BCUT2D eigenvalue weighted by Crippen LogP contribution is 2.65. The van der Waals surface area contributed by atoms with Crippen LogP contribution in [0.4, 0.5) is 11.4 Å². The minimum absolute atomic E-state index is 0.101. The van der Waals surface area contributed by atoms with Gasteiger partial charge in [-0.1, -0.05) is 26.0 Å². The lowest BCUT2D eigenvalue weighted by Crippen LogP contribution is -2.59. The minimum atomic E-state index is -1.22. The molecule has 2 amide bonds.